The Hall–Kier alpha value is -0.680. The zero-order valence-electron chi connectivity index (χ0n) is 16.8. The predicted molar refractivity (Wildman–Crippen MR) is 119 cm³/mol. The Kier molecular flexibility index (Phi) is 14.0. The highest BCUT2D eigenvalue weighted by molar-refractivity contribution is 6.18. The second-order valence-corrected chi connectivity index (χ2v) is 6.96. The van der Waals surface area contributed by atoms with Crippen molar-refractivity contribution in [2.24, 2.45) is 0 Å². The normalized spacial score (nSPS) is 11.8. The van der Waals surface area contributed by atoms with Gasteiger partial charge in [-0.25, -0.2) is 0 Å². The zero-order valence-corrected chi connectivity index (χ0v) is 19.2. The maximum Gasteiger partial charge on any atom is 0.311 e. The van der Waals surface area contributed by atoms with Gasteiger partial charge in [0.2, 0.25) is 0 Å². The van der Waals surface area contributed by atoms with E-state index >= 15 is 0 Å². The van der Waals surface area contributed by atoms with Crippen molar-refractivity contribution in [3.8, 4) is 5.75 Å². The van der Waals surface area contributed by atoms with Crippen LogP contribution in [0.15, 0.2) is 18.2 Å². The number of hydrogen-bond donors (Lipinski definition) is 0. The number of hydrogen-bond acceptors (Lipinski definition) is 4. The number of halogens is 3. The van der Waals surface area contributed by atoms with E-state index < -0.39 is 0 Å². The Bertz CT molecular complexity index is 548. The number of carbonyl (C=O) groups is 1. The minimum atomic E-state index is -0.195. The summed E-state index contributed by atoms with van der Waals surface area (Å²) in [6.45, 7) is 11.7. The SMILES string of the molecule is CCCC(=O)Oc1cc(N(CCCl)CCCl)ccc1C(C)N(CC)CC.Cl. The molecule has 0 aliphatic rings. The van der Waals surface area contributed by atoms with Crippen molar-refractivity contribution in [1.82, 2.24) is 4.90 Å². The molecule has 1 unspecified atom stereocenters. The molecule has 0 amide bonds. The second kappa shape index (κ2) is 14.3. The summed E-state index contributed by atoms with van der Waals surface area (Å²) in [7, 11) is 0. The number of rotatable bonds is 12. The Morgan fingerprint density at radius 2 is 1.70 bits per heavy atom. The first-order valence-electron chi connectivity index (χ1n) is 9.47. The smallest absolute Gasteiger partial charge is 0.311 e. The van der Waals surface area contributed by atoms with Gasteiger partial charge in [0.1, 0.15) is 5.75 Å². The van der Waals surface area contributed by atoms with Crippen LogP contribution in [-0.4, -0.2) is 48.8 Å². The molecular formula is C20H33Cl3N2O2. The molecule has 27 heavy (non-hydrogen) atoms. The molecule has 0 fully saturated rings. The maximum atomic E-state index is 12.1. The molecule has 156 valence electrons. The van der Waals surface area contributed by atoms with E-state index in [1.165, 1.54) is 0 Å². The Morgan fingerprint density at radius 3 is 2.19 bits per heavy atom. The molecule has 4 nitrogen and oxygen atoms in total. The lowest BCUT2D eigenvalue weighted by Crippen LogP contribution is -2.29. The lowest BCUT2D eigenvalue weighted by molar-refractivity contribution is -0.134. The van der Waals surface area contributed by atoms with Crippen molar-refractivity contribution in [2.75, 3.05) is 42.8 Å². The third-order valence-corrected chi connectivity index (χ3v) is 4.90. The summed E-state index contributed by atoms with van der Waals surface area (Å²) in [6, 6.07) is 6.23. The van der Waals surface area contributed by atoms with Crippen molar-refractivity contribution >= 4 is 47.3 Å². The van der Waals surface area contributed by atoms with Crippen LogP contribution in [0.25, 0.3) is 0 Å². The summed E-state index contributed by atoms with van der Waals surface area (Å²) in [5.74, 6) is 1.46. The molecule has 0 aliphatic heterocycles. The summed E-state index contributed by atoms with van der Waals surface area (Å²) in [4.78, 5) is 16.6. The van der Waals surface area contributed by atoms with Gasteiger partial charge in [0.15, 0.2) is 0 Å². The summed E-state index contributed by atoms with van der Waals surface area (Å²) >= 11 is 11.9. The summed E-state index contributed by atoms with van der Waals surface area (Å²) in [5, 5.41) is 0. The first kappa shape index (κ1) is 26.3. The van der Waals surface area contributed by atoms with Crippen LogP contribution in [0.4, 0.5) is 5.69 Å². The third-order valence-electron chi connectivity index (χ3n) is 4.56. The largest absolute Gasteiger partial charge is 0.426 e. The van der Waals surface area contributed by atoms with E-state index in [0.29, 0.717) is 37.0 Å². The molecule has 7 heteroatoms. The van der Waals surface area contributed by atoms with E-state index in [-0.39, 0.29) is 24.4 Å². The van der Waals surface area contributed by atoms with Gasteiger partial charge >= 0.3 is 5.97 Å². The Morgan fingerprint density at radius 1 is 1.11 bits per heavy atom. The number of alkyl halides is 2. The average molecular weight is 440 g/mol. The summed E-state index contributed by atoms with van der Waals surface area (Å²) < 4.78 is 5.74. The van der Waals surface area contributed by atoms with Gasteiger partial charge in [-0.05, 0) is 32.5 Å². The fraction of sp³-hybridized carbons (Fsp3) is 0.650. The average Bonchev–Trinajstić information content (AvgIpc) is 2.62. The molecule has 0 aliphatic carbocycles. The van der Waals surface area contributed by atoms with Gasteiger partial charge in [-0.3, -0.25) is 9.69 Å². The number of nitrogens with zero attached hydrogens (tertiary/aromatic N) is 2. The van der Waals surface area contributed by atoms with E-state index in [0.717, 1.165) is 30.8 Å². The highest BCUT2D eigenvalue weighted by Crippen LogP contribution is 2.33. The molecule has 0 aromatic heterocycles. The quantitative estimate of drug-likeness (QED) is 0.244. The molecule has 0 bridgehead atoms. The number of benzene rings is 1. The highest BCUT2D eigenvalue weighted by atomic mass is 35.5. The first-order valence-corrected chi connectivity index (χ1v) is 10.5. The zero-order chi connectivity index (χ0) is 19.5. The van der Waals surface area contributed by atoms with Crippen molar-refractivity contribution in [1.29, 1.82) is 0 Å². The Balaban J connectivity index is 0.00000676. The van der Waals surface area contributed by atoms with Gasteiger partial charge in [-0.15, -0.1) is 35.6 Å². The van der Waals surface area contributed by atoms with Gasteiger partial charge in [-0.1, -0.05) is 26.8 Å². The van der Waals surface area contributed by atoms with Crippen LogP contribution < -0.4 is 9.64 Å². The van der Waals surface area contributed by atoms with Crippen molar-refractivity contribution in [3.05, 3.63) is 23.8 Å². The molecule has 0 radical (unpaired) electrons. The van der Waals surface area contributed by atoms with Gasteiger partial charge in [-0.2, -0.15) is 0 Å². The van der Waals surface area contributed by atoms with Crippen LogP contribution >= 0.6 is 35.6 Å². The molecule has 1 aromatic carbocycles. The molecular weight excluding hydrogens is 407 g/mol. The van der Waals surface area contributed by atoms with Crippen LogP contribution in [0.1, 0.15) is 52.1 Å². The van der Waals surface area contributed by atoms with E-state index in [2.05, 4.69) is 42.7 Å². The predicted octanol–water partition coefficient (Wildman–Crippen LogP) is 5.50. The van der Waals surface area contributed by atoms with Crippen LogP contribution in [0, 0.1) is 0 Å². The summed E-state index contributed by atoms with van der Waals surface area (Å²) in [6.07, 6.45) is 1.18. The second-order valence-electron chi connectivity index (χ2n) is 6.21. The molecule has 0 spiro atoms. The van der Waals surface area contributed by atoms with Crippen LogP contribution in [0.3, 0.4) is 0 Å². The lowest BCUT2D eigenvalue weighted by Gasteiger charge is -2.29. The van der Waals surface area contributed by atoms with Crippen molar-refractivity contribution < 1.29 is 9.53 Å². The summed E-state index contributed by atoms with van der Waals surface area (Å²) in [5.41, 5.74) is 2.00. The molecule has 0 saturated carbocycles. The van der Waals surface area contributed by atoms with E-state index in [1.54, 1.807) is 0 Å². The minimum Gasteiger partial charge on any atom is -0.426 e. The number of carbonyl (C=O) groups excluding carboxylic acids is 1. The van der Waals surface area contributed by atoms with Gasteiger partial charge < -0.3 is 9.64 Å². The monoisotopic (exact) mass is 438 g/mol. The van der Waals surface area contributed by atoms with Crippen LogP contribution in [0.2, 0.25) is 0 Å². The standard InChI is InChI=1S/C20H32Cl2N2O2.ClH/c1-5-8-20(25)26-19-15-17(24(13-11-21)14-12-22)9-10-18(19)16(4)23(6-2)7-3;/h9-10,15-16H,5-8,11-14H2,1-4H3;1H. The number of esters is 1. The Labute approximate surface area is 180 Å². The molecule has 0 N–H and O–H groups in total. The van der Waals surface area contributed by atoms with Crippen LogP contribution in [0.5, 0.6) is 5.75 Å². The number of ether oxygens (including phenoxy) is 1. The highest BCUT2D eigenvalue weighted by Gasteiger charge is 2.20. The molecule has 1 rings (SSSR count). The van der Waals surface area contributed by atoms with Gasteiger partial charge in [0.05, 0.1) is 0 Å². The lowest BCUT2D eigenvalue weighted by atomic mass is 10.0. The molecule has 1 atom stereocenters. The van der Waals surface area contributed by atoms with E-state index in [1.807, 2.05) is 13.0 Å². The minimum absolute atomic E-state index is 0. The topological polar surface area (TPSA) is 32.8 Å². The fourth-order valence-corrected chi connectivity index (χ4v) is 3.48. The molecule has 0 heterocycles. The van der Waals surface area contributed by atoms with E-state index in [9.17, 15) is 4.79 Å². The van der Waals surface area contributed by atoms with Crippen molar-refractivity contribution in [3.63, 3.8) is 0 Å². The van der Waals surface area contributed by atoms with Crippen molar-refractivity contribution in [2.45, 2.75) is 46.6 Å². The van der Waals surface area contributed by atoms with E-state index in [4.69, 9.17) is 27.9 Å². The van der Waals surface area contributed by atoms with Gasteiger partial charge in [0.25, 0.3) is 0 Å². The first-order chi connectivity index (χ1) is 12.5. The number of anilines is 1. The van der Waals surface area contributed by atoms with Crippen LogP contribution in [-0.2, 0) is 4.79 Å². The fourth-order valence-electron chi connectivity index (χ4n) is 3.07. The molecule has 1 aromatic rings. The van der Waals surface area contributed by atoms with Gasteiger partial charge in [0, 0.05) is 54.6 Å². The third kappa shape index (κ3) is 8.06. The maximum absolute atomic E-state index is 12.1. The molecule has 0 saturated heterocycles.